The van der Waals surface area contributed by atoms with Crippen LogP contribution in [0, 0.1) is 19.8 Å². The number of hydrogen-bond donors (Lipinski definition) is 2. The highest BCUT2D eigenvalue weighted by atomic mass is 16.5. The van der Waals surface area contributed by atoms with Crippen LogP contribution in [0.15, 0.2) is 30.3 Å². The molecule has 0 aliphatic rings. The first kappa shape index (κ1) is 28.2. The number of anilines is 2. The van der Waals surface area contributed by atoms with Gasteiger partial charge < -0.3 is 29.7 Å². The van der Waals surface area contributed by atoms with Crippen LogP contribution in [0.5, 0.6) is 11.5 Å². The Kier molecular flexibility index (Phi) is 9.83. The molecule has 36 heavy (non-hydrogen) atoms. The topological polar surface area (TPSA) is 123 Å². The Morgan fingerprint density at radius 1 is 0.944 bits per heavy atom. The number of likely N-dealkylation sites (N-methyl/N-ethyl adjacent to an activating group) is 1. The lowest BCUT2D eigenvalue weighted by Crippen LogP contribution is -2.37. The van der Waals surface area contributed by atoms with Crippen molar-refractivity contribution in [1.29, 1.82) is 0 Å². The first-order valence-electron chi connectivity index (χ1n) is 11.3. The normalized spacial score (nSPS) is 10.4. The maximum atomic E-state index is 12.8. The van der Waals surface area contributed by atoms with Crippen molar-refractivity contribution in [2.24, 2.45) is 5.92 Å². The SMILES string of the molecule is COc1cc(NC(=O)C(C)C)c(C(=O)OCC(=O)N(C)CC(=O)Nc2c(C)cccc2C)cc1OC. The number of nitrogens with zero attached hydrogens (tertiary/aromatic N) is 1. The number of rotatable bonds is 10. The van der Waals surface area contributed by atoms with Crippen molar-refractivity contribution in [3.63, 3.8) is 0 Å². The van der Waals surface area contributed by atoms with Crippen molar-refractivity contribution in [3.8, 4) is 11.5 Å². The summed E-state index contributed by atoms with van der Waals surface area (Å²) in [5, 5.41) is 5.47. The van der Waals surface area contributed by atoms with Crippen molar-refractivity contribution < 1.29 is 33.4 Å². The lowest BCUT2D eigenvalue weighted by atomic mass is 10.1. The summed E-state index contributed by atoms with van der Waals surface area (Å²) < 4.78 is 15.7. The molecule has 0 unspecified atom stereocenters. The van der Waals surface area contributed by atoms with Gasteiger partial charge in [0.25, 0.3) is 5.91 Å². The zero-order valence-electron chi connectivity index (χ0n) is 21.7. The van der Waals surface area contributed by atoms with Gasteiger partial charge >= 0.3 is 5.97 Å². The third-order valence-electron chi connectivity index (χ3n) is 5.40. The lowest BCUT2D eigenvalue weighted by molar-refractivity contribution is -0.136. The molecule has 0 heterocycles. The van der Waals surface area contributed by atoms with Crippen LogP contribution in [0.25, 0.3) is 0 Å². The van der Waals surface area contributed by atoms with E-state index in [2.05, 4.69) is 10.6 Å². The minimum atomic E-state index is -0.850. The number of methoxy groups -OCH3 is 2. The average Bonchev–Trinajstić information content (AvgIpc) is 2.84. The molecule has 2 rings (SSSR count). The van der Waals surface area contributed by atoms with E-state index >= 15 is 0 Å². The molecule has 0 aliphatic carbocycles. The zero-order chi connectivity index (χ0) is 27.0. The second-order valence-corrected chi connectivity index (χ2v) is 8.54. The van der Waals surface area contributed by atoms with Crippen molar-refractivity contribution in [3.05, 3.63) is 47.0 Å². The summed E-state index contributed by atoms with van der Waals surface area (Å²) >= 11 is 0. The van der Waals surface area contributed by atoms with E-state index in [0.29, 0.717) is 11.4 Å². The molecule has 0 spiro atoms. The number of aryl methyl sites for hydroxylation is 2. The second-order valence-electron chi connectivity index (χ2n) is 8.54. The molecule has 2 N–H and O–H groups in total. The van der Waals surface area contributed by atoms with Crippen LogP contribution in [-0.4, -0.2) is 63.0 Å². The fourth-order valence-corrected chi connectivity index (χ4v) is 3.24. The Hall–Kier alpha value is -4.08. The molecular formula is C26H33N3O7. The van der Waals surface area contributed by atoms with Gasteiger partial charge in [-0.3, -0.25) is 14.4 Å². The number of amides is 3. The minimum Gasteiger partial charge on any atom is -0.493 e. The first-order valence-corrected chi connectivity index (χ1v) is 11.3. The predicted molar refractivity (Wildman–Crippen MR) is 135 cm³/mol. The maximum absolute atomic E-state index is 12.8. The third-order valence-corrected chi connectivity index (χ3v) is 5.40. The molecule has 2 aromatic carbocycles. The molecule has 0 atom stereocenters. The van der Waals surface area contributed by atoms with E-state index in [-0.39, 0.29) is 41.3 Å². The van der Waals surface area contributed by atoms with Crippen LogP contribution >= 0.6 is 0 Å². The molecule has 0 radical (unpaired) electrons. The van der Waals surface area contributed by atoms with Gasteiger partial charge in [0, 0.05) is 30.8 Å². The molecule has 0 aromatic heterocycles. The standard InChI is InChI=1S/C26H33N3O7/c1-15(2)25(32)27-19-12-21(35-7)20(34-6)11-18(19)26(33)36-14-23(31)29(5)13-22(30)28-24-16(3)9-8-10-17(24)4/h8-12,15H,13-14H2,1-7H3,(H,27,32)(H,28,30). The van der Waals surface area contributed by atoms with E-state index < -0.39 is 18.5 Å². The predicted octanol–water partition coefficient (Wildman–Crippen LogP) is 3.17. The fourth-order valence-electron chi connectivity index (χ4n) is 3.24. The van der Waals surface area contributed by atoms with Crippen LogP contribution in [0.3, 0.4) is 0 Å². The molecule has 0 fully saturated rings. The summed E-state index contributed by atoms with van der Waals surface area (Å²) in [6, 6.07) is 8.46. The number of carbonyl (C=O) groups is 4. The molecule has 2 aromatic rings. The average molecular weight is 500 g/mol. The lowest BCUT2D eigenvalue weighted by Gasteiger charge is -2.19. The quantitative estimate of drug-likeness (QED) is 0.481. The highest BCUT2D eigenvalue weighted by molar-refractivity contribution is 6.03. The molecule has 0 aliphatic heterocycles. The van der Waals surface area contributed by atoms with Gasteiger partial charge in [-0.2, -0.15) is 0 Å². The van der Waals surface area contributed by atoms with Gasteiger partial charge in [-0.1, -0.05) is 32.0 Å². The fraction of sp³-hybridized carbons (Fsp3) is 0.385. The van der Waals surface area contributed by atoms with E-state index in [1.54, 1.807) is 13.8 Å². The van der Waals surface area contributed by atoms with Crippen LogP contribution in [0.1, 0.15) is 35.3 Å². The number of hydrogen-bond acceptors (Lipinski definition) is 7. The van der Waals surface area contributed by atoms with Crippen molar-refractivity contribution in [1.82, 2.24) is 4.90 Å². The molecular weight excluding hydrogens is 466 g/mol. The Morgan fingerprint density at radius 3 is 2.08 bits per heavy atom. The third kappa shape index (κ3) is 7.21. The van der Waals surface area contributed by atoms with Crippen LogP contribution in [0.2, 0.25) is 0 Å². The Balaban J connectivity index is 2.08. The van der Waals surface area contributed by atoms with Crippen LogP contribution in [0.4, 0.5) is 11.4 Å². The molecule has 0 saturated heterocycles. The summed E-state index contributed by atoms with van der Waals surface area (Å²) in [6.45, 7) is 6.35. The highest BCUT2D eigenvalue weighted by Crippen LogP contribution is 2.34. The van der Waals surface area contributed by atoms with Gasteiger partial charge in [-0.05, 0) is 25.0 Å². The van der Waals surface area contributed by atoms with Gasteiger partial charge in [0.05, 0.1) is 32.0 Å². The first-order chi connectivity index (χ1) is 17.0. The summed E-state index contributed by atoms with van der Waals surface area (Å²) in [7, 11) is 4.27. The second kappa shape index (κ2) is 12.6. The number of benzene rings is 2. The monoisotopic (exact) mass is 499 g/mol. The van der Waals surface area contributed by atoms with Crippen molar-refractivity contribution in [2.45, 2.75) is 27.7 Å². The number of nitrogens with one attached hydrogen (secondary N) is 2. The summed E-state index contributed by atoms with van der Waals surface area (Å²) in [5.74, 6) is -1.91. The van der Waals surface area contributed by atoms with Crippen LogP contribution < -0.4 is 20.1 Å². The largest absolute Gasteiger partial charge is 0.493 e. The van der Waals surface area contributed by atoms with E-state index in [1.165, 1.54) is 33.4 Å². The number of carbonyl (C=O) groups excluding carboxylic acids is 4. The van der Waals surface area contributed by atoms with E-state index in [9.17, 15) is 19.2 Å². The van der Waals surface area contributed by atoms with Gasteiger partial charge in [-0.25, -0.2) is 4.79 Å². The Morgan fingerprint density at radius 2 is 1.53 bits per heavy atom. The van der Waals surface area contributed by atoms with Gasteiger partial charge in [-0.15, -0.1) is 0 Å². The number of ether oxygens (including phenoxy) is 3. The number of esters is 1. The molecule has 10 heteroatoms. The van der Waals surface area contributed by atoms with Crippen molar-refractivity contribution >= 4 is 35.1 Å². The Bertz CT molecular complexity index is 1120. The van der Waals surface area contributed by atoms with E-state index in [4.69, 9.17) is 14.2 Å². The summed E-state index contributed by atoms with van der Waals surface area (Å²) in [4.78, 5) is 51.2. The van der Waals surface area contributed by atoms with Crippen molar-refractivity contribution in [2.75, 3.05) is 45.1 Å². The minimum absolute atomic E-state index is 0.00938. The van der Waals surface area contributed by atoms with E-state index in [1.807, 2.05) is 32.0 Å². The maximum Gasteiger partial charge on any atom is 0.340 e. The highest BCUT2D eigenvalue weighted by Gasteiger charge is 2.22. The summed E-state index contributed by atoms with van der Waals surface area (Å²) in [5.41, 5.74) is 2.65. The van der Waals surface area contributed by atoms with Crippen LogP contribution in [-0.2, 0) is 19.1 Å². The van der Waals surface area contributed by atoms with Gasteiger partial charge in [0.15, 0.2) is 18.1 Å². The number of para-hydroxylation sites is 1. The Labute approximate surface area is 210 Å². The molecule has 10 nitrogen and oxygen atoms in total. The zero-order valence-corrected chi connectivity index (χ0v) is 21.7. The van der Waals surface area contributed by atoms with Gasteiger partial charge in [0.2, 0.25) is 11.8 Å². The van der Waals surface area contributed by atoms with E-state index in [0.717, 1.165) is 16.0 Å². The van der Waals surface area contributed by atoms with Gasteiger partial charge in [0.1, 0.15) is 0 Å². The summed E-state index contributed by atoms with van der Waals surface area (Å²) in [6.07, 6.45) is 0. The smallest absolute Gasteiger partial charge is 0.340 e. The molecule has 0 bridgehead atoms. The molecule has 0 saturated carbocycles. The molecule has 3 amide bonds. The molecule has 194 valence electrons.